The van der Waals surface area contributed by atoms with Gasteiger partial charge in [0.05, 0.1) is 17.1 Å². The van der Waals surface area contributed by atoms with E-state index in [1.807, 2.05) is 59.3 Å². The second-order valence-electron chi connectivity index (χ2n) is 6.56. The molecule has 0 aliphatic rings. The quantitative estimate of drug-likeness (QED) is 0.596. The van der Waals surface area contributed by atoms with Crippen LogP contribution in [0.1, 0.15) is 18.7 Å². The van der Waals surface area contributed by atoms with Crippen LogP contribution in [-0.4, -0.2) is 25.1 Å². The van der Waals surface area contributed by atoms with E-state index in [1.165, 1.54) is 10.7 Å². The van der Waals surface area contributed by atoms with Crippen molar-refractivity contribution in [2.75, 3.05) is 5.32 Å². The minimum atomic E-state index is -0.749. The van der Waals surface area contributed by atoms with Gasteiger partial charge in [-0.15, -0.1) is 0 Å². The number of fused-ring (bicyclic) bond motifs is 1. The fourth-order valence-electron chi connectivity index (χ4n) is 3.03. The van der Waals surface area contributed by atoms with Gasteiger partial charge in [0.15, 0.2) is 0 Å². The molecule has 140 valence electrons. The summed E-state index contributed by atoms with van der Waals surface area (Å²) < 4.78 is 3.12. The molecule has 7 heteroatoms. The Morgan fingerprint density at radius 1 is 1.07 bits per heavy atom. The van der Waals surface area contributed by atoms with Gasteiger partial charge >= 0.3 is 0 Å². The molecule has 0 fully saturated rings. The number of aromatic nitrogens is 4. The van der Waals surface area contributed by atoms with Crippen molar-refractivity contribution >= 4 is 17.2 Å². The third-order valence-corrected chi connectivity index (χ3v) is 4.53. The lowest BCUT2D eigenvalue weighted by Gasteiger charge is -2.15. The average Bonchev–Trinajstić information content (AvgIpc) is 3.13. The van der Waals surface area contributed by atoms with Gasteiger partial charge < -0.3 is 9.72 Å². The number of nitrogens with one attached hydrogen (secondary N) is 1. The Morgan fingerprint density at radius 2 is 1.86 bits per heavy atom. The number of benzene rings is 1. The molecule has 1 unspecified atom stereocenters. The number of pyridine rings is 1. The van der Waals surface area contributed by atoms with Gasteiger partial charge in [0.1, 0.15) is 11.7 Å². The molecule has 1 atom stereocenters. The van der Waals surface area contributed by atoms with Gasteiger partial charge in [0.2, 0.25) is 5.91 Å². The van der Waals surface area contributed by atoms with Crippen LogP contribution in [0.5, 0.6) is 0 Å². The second kappa shape index (κ2) is 7.11. The van der Waals surface area contributed by atoms with Crippen LogP contribution in [0.4, 0.5) is 5.69 Å². The van der Waals surface area contributed by atoms with Gasteiger partial charge in [-0.2, -0.15) is 5.10 Å². The predicted molar refractivity (Wildman–Crippen MR) is 107 cm³/mol. The Labute approximate surface area is 161 Å². The molecule has 0 aliphatic heterocycles. The summed E-state index contributed by atoms with van der Waals surface area (Å²) in [6.07, 6.45) is 3.83. The molecule has 0 saturated carbocycles. The van der Waals surface area contributed by atoms with Crippen LogP contribution in [0.15, 0.2) is 71.8 Å². The van der Waals surface area contributed by atoms with E-state index in [-0.39, 0.29) is 11.5 Å². The lowest BCUT2D eigenvalue weighted by molar-refractivity contribution is -0.119. The predicted octanol–water partition coefficient (Wildman–Crippen LogP) is 3.07. The number of rotatable bonds is 4. The number of anilines is 1. The number of hydrogen-bond acceptors (Lipinski definition) is 4. The van der Waals surface area contributed by atoms with Gasteiger partial charge in [0, 0.05) is 24.0 Å². The summed E-state index contributed by atoms with van der Waals surface area (Å²) in [5.41, 5.74) is 3.36. The maximum Gasteiger partial charge on any atom is 0.267 e. The van der Waals surface area contributed by atoms with Gasteiger partial charge in [-0.25, -0.2) is 9.67 Å². The molecule has 0 bridgehead atoms. The van der Waals surface area contributed by atoms with Crippen LogP contribution in [0.25, 0.3) is 16.9 Å². The molecule has 0 spiro atoms. The molecular formula is C21H19N5O2. The summed E-state index contributed by atoms with van der Waals surface area (Å²) in [5, 5.41) is 7.08. The van der Waals surface area contributed by atoms with E-state index in [9.17, 15) is 9.59 Å². The highest BCUT2D eigenvalue weighted by atomic mass is 16.2. The van der Waals surface area contributed by atoms with E-state index >= 15 is 0 Å². The number of nitrogens with zero attached hydrogens (tertiary/aromatic N) is 4. The molecular weight excluding hydrogens is 354 g/mol. The van der Waals surface area contributed by atoms with E-state index < -0.39 is 6.04 Å². The number of amides is 1. The summed E-state index contributed by atoms with van der Waals surface area (Å²) >= 11 is 0. The summed E-state index contributed by atoms with van der Waals surface area (Å²) in [4.78, 5) is 29.5. The first-order chi connectivity index (χ1) is 13.5. The molecule has 28 heavy (non-hydrogen) atoms. The van der Waals surface area contributed by atoms with E-state index in [2.05, 4.69) is 15.4 Å². The zero-order valence-corrected chi connectivity index (χ0v) is 15.5. The van der Waals surface area contributed by atoms with Crippen molar-refractivity contribution in [3.05, 3.63) is 83.0 Å². The van der Waals surface area contributed by atoms with Gasteiger partial charge in [-0.3, -0.25) is 9.59 Å². The summed E-state index contributed by atoms with van der Waals surface area (Å²) in [7, 11) is 0. The van der Waals surface area contributed by atoms with Crippen LogP contribution in [0, 0.1) is 6.92 Å². The minimum Gasteiger partial charge on any atom is -0.324 e. The molecule has 1 N–H and O–H groups in total. The lowest BCUT2D eigenvalue weighted by Crippen LogP contribution is -2.33. The van der Waals surface area contributed by atoms with Crippen molar-refractivity contribution in [1.29, 1.82) is 0 Å². The largest absolute Gasteiger partial charge is 0.324 e. The van der Waals surface area contributed by atoms with Crippen LogP contribution in [0.3, 0.4) is 0 Å². The molecule has 1 amide bonds. The second-order valence-corrected chi connectivity index (χ2v) is 6.56. The highest BCUT2D eigenvalue weighted by molar-refractivity contribution is 5.97. The van der Waals surface area contributed by atoms with Crippen LogP contribution < -0.4 is 10.9 Å². The Bertz CT molecular complexity index is 1190. The molecule has 4 rings (SSSR count). The molecule has 1 aromatic carbocycles. The van der Waals surface area contributed by atoms with Crippen molar-refractivity contribution in [1.82, 2.24) is 19.2 Å². The third-order valence-electron chi connectivity index (χ3n) is 4.53. The first kappa shape index (κ1) is 17.7. The monoisotopic (exact) mass is 373 g/mol. The molecule has 3 heterocycles. The van der Waals surface area contributed by atoms with Crippen LogP contribution in [0.2, 0.25) is 0 Å². The standard InChI is InChI=1S/C21H19N5O2/c1-14-10-11-20(27)26(24-14)15(2)21(28)23-17-8-4-3-7-16(17)18-13-25-12-6-5-9-19(25)22-18/h3-13,15H,1-2H3,(H,23,28). The highest BCUT2D eigenvalue weighted by Gasteiger charge is 2.19. The van der Waals surface area contributed by atoms with Crippen LogP contribution in [-0.2, 0) is 4.79 Å². The van der Waals surface area contributed by atoms with E-state index in [0.29, 0.717) is 11.4 Å². The van der Waals surface area contributed by atoms with Crippen LogP contribution >= 0.6 is 0 Å². The van der Waals surface area contributed by atoms with E-state index in [1.54, 1.807) is 19.9 Å². The number of carbonyl (C=O) groups is 1. The molecule has 0 radical (unpaired) electrons. The average molecular weight is 373 g/mol. The Kier molecular flexibility index (Phi) is 4.49. The molecule has 0 saturated heterocycles. The van der Waals surface area contributed by atoms with Crippen molar-refractivity contribution < 1.29 is 4.79 Å². The maximum atomic E-state index is 12.8. The molecule has 0 aliphatic carbocycles. The Hall–Kier alpha value is -3.74. The van der Waals surface area contributed by atoms with Gasteiger partial charge in [0.25, 0.3) is 5.56 Å². The Balaban J connectivity index is 1.66. The first-order valence-electron chi connectivity index (χ1n) is 8.93. The lowest BCUT2D eigenvalue weighted by atomic mass is 10.1. The fraction of sp³-hybridized carbons (Fsp3) is 0.143. The number of imidazole rings is 1. The SMILES string of the molecule is Cc1ccc(=O)n(C(C)C(=O)Nc2ccccc2-c2cn3ccccc3n2)n1. The van der Waals surface area contributed by atoms with Crippen molar-refractivity contribution in [3.8, 4) is 11.3 Å². The fourth-order valence-corrected chi connectivity index (χ4v) is 3.03. The molecule has 7 nitrogen and oxygen atoms in total. The summed E-state index contributed by atoms with van der Waals surface area (Å²) in [6.45, 7) is 3.43. The van der Waals surface area contributed by atoms with Gasteiger partial charge in [-0.1, -0.05) is 24.3 Å². The molecule has 3 aromatic heterocycles. The first-order valence-corrected chi connectivity index (χ1v) is 8.93. The van der Waals surface area contributed by atoms with Crippen molar-refractivity contribution in [2.45, 2.75) is 19.9 Å². The number of hydrogen-bond donors (Lipinski definition) is 1. The maximum absolute atomic E-state index is 12.8. The van der Waals surface area contributed by atoms with E-state index in [0.717, 1.165) is 16.9 Å². The number of aryl methyl sites for hydroxylation is 1. The third kappa shape index (κ3) is 3.29. The van der Waals surface area contributed by atoms with E-state index in [4.69, 9.17) is 0 Å². The minimum absolute atomic E-state index is 0.318. The smallest absolute Gasteiger partial charge is 0.267 e. The normalized spacial score (nSPS) is 12.1. The van der Waals surface area contributed by atoms with Crippen molar-refractivity contribution in [3.63, 3.8) is 0 Å². The summed E-state index contributed by atoms with van der Waals surface area (Å²) in [6, 6.07) is 15.5. The molecule has 4 aromatic rings. The topological polar surface area (TPSA) is 81.3 Å². The zero-order chi connectivity index (χ0) is 19.7. The number of para-hydroxylation sites is 1. The van der Waals surface area contributed by atoms with Crippen molar-refractivity contribution in [2.24, 2.45) is 0 Å². The Morgan fingerprint density at radius 3 is 2.68 bits per heavy atom. The summed E-state index contributed by atoms with van der Waals surface area (Å²) in [5.74, 6) is -0.323. The zero-order valence-electron chi connectivity index (χ0n) is 15.5. The number of carbonyl (C=O) groups excluding carboxylic acids is 1. The highest BCUT2D eigenvalue weighted by Crippen LogP contribution is 2.28. The van der Waals surface area contributed by atoms with Gasteiger partial charge in [-0.05, 0) is 38.1 Å².